The summed E-state index contributed by atoms with van der Waals surface area (Å²) in [5.41, 5.74) is 1.47. The third kappa shape index (κ3) is 4.54. The van der Waals surface area contributed by atoms with Crippen molar-refractivity contribution in [1.29, 1.82) is 0 Å². The average Bonchev–Trinajstić information content (AvgIpc) is 2.80. The van der Waals surface area contributed by atoms with Crippen LogP contribution in [0.5, 0.6) is 0 Å². The van der Waals surface area contributed by atoms with Gasteiger partial charge in [0, 0.05) is 10.4 Å². The number of hydrogen-bond acceptors (Lipinski definition) is 5. The first kappa shape index (κ1) is 17.9. The number of carbonyl (C=O) groups is 2. The van der Waals surface area contributed by atoms with E-state index in [0.717, 1.165) is 24.8 Å². The fourth-order valence-electron chi connectivity index (χ4n) is 2.67. The van der Waals surface area contributed by atoms with Crippen molar-refractivity contribution in [1.82, 2.24) is 5.32 Å². The van der Waals surface area contributed by atoms with Gasteiger partial charge in [-0.2, -0.15) is 0 Å². The maximum absolute atomic E-state index is 12.2. The number of hydrogen-bond donors (Lipinski definition) is 2. The maximum Gasteiger partial charge on any atom is 0.341 e. The van der Waals surface area contributed by atoms with E-state index in [9.17, 15) is 9.59 Å². The molecule has 5 nitrogen and oxygen atoms in total. The summed E-state index contributed by atoms with van der Waals surface area (Å²) in [5.74, 6) is 0.102. The van der Waals surface area contributed by atoms with Gasteiger partial charge in [0.2, 0.25) is 5.91 Å². The van der Waals surface area contributed by atoms with Crippen molar-refractivity contribution in [2.24, 2.45) is 5.92 Å². The number of carbonyl (C=O) groups excluding carboxylic acids is 2. The second-order valence-electron chi connectivity index (χ2n) is 7.20. The third-order valence-corrected chi connectivity index (χ3v) is 5.10. The Balaban J connectivity index is 2.21. The molecule has 0 radical (unpaired) electrons. The Labute approximate surface area is 141 Å². The van der Waals surface area contributed by atoms with Gasteiger partial charge < -0.3 is 15.4 Å². The van der Waals surface area contributed by atoms with Crippen LogP contribution in [0.3, 0.4) is 0 Å². The van der Waals surface area contributed by atoms with Gasteiger partial charge in [0.1, 0.15) is 5.00 Å². The Morgan fingerprint density at radius 2 is 2.04 bits per heavy atom. The van der Waals surface area contributed by atoms with E-state index in [-0.39, 0.29) is 24.0 Å². The van der Waals surface area contributed by atoms with E-state index in [4.69, 9.17) is 4.74 Å². The molecular formula is C17H26N2O3S. The predicted octanol–water partition coefficient (Wildman–Crippen LogP) is 2.99. The van der Waals surface area contributed by atoms with Gasteiger partial charge in [0.05, 0.1) is 19.2 Å². The predicted molar refractivity (Wildman–Crippen MR) is 93.2 cm³/mol. The molecule has 2 rings (SSSR count). The maximum atomic E-state index is 12.2. The summed E-state index contributed by atoms with van der Waals surface area (Å²) in [6, 6.07) is 0. The number of amides is 1. The number of methoxy groups -OCH3 is 1. The molecular weight excluding hydrogens is 312 g/mol. The zero-order valence-electron chi connectivity index (χ0n) is 14.5. The SMILES string of the molecule is COC(=O)c1c(NC(=O)CNC(C)(C)C)sc2c1CCC(C)C2. The van der Waals surface area contributed by atoms with E-state index in [1.807, 2.05) is 20.8 Å². The molecule has 0 fully saturated rings. The molecule has 0 saturated heterocycles. The first-order chi connectivity index (χ1) is 10.7. The molecule has 23 heavy (non-hydrogen) atoms. The van der Waals surface area contributed by atoms with Crippen molar-refractivity contribution < 1.29 is 14.3 Å². The largest absolute Gasteiger partial charge is 0.465 e. The van der Waals surface area contributed by atoms with E-state index in [1.165, 1.54) is 23.3 Å². The zero-order chi connectivity index (χ0) is 17.2. The summed E-state index contributed by atoms with van der Waals surface area (Å²) in [7, 11) is 1.38. The Morgan fingerprint density at radius 1 is 1.35 bits per heavy atom. The summed E-state index contributed by atoms with van der Waals surface area (Å²) >= 11 is 1.51. The van der Waals surface area contributed by atoms with Crippen LogP contribution in [-0.2, 0) is 22.4 Å². The van der Waals surface area contributed by atoms with Gasteiger partial charge in [-0.15, -0.1) is 11.3 Å². The Kier molecular flexibility index (Phi) is 5.47. The van der Waals surface area contributed by atoms with Crippen LogP contribution in [0.4, 0.5) is 5.00 Å². The van der Waals surface area contributed by atoms with E-state index in [0.29, 0.717) is 16.5 Å². The highest BCUT2D eigenvalue weighted by atomic mass is 32.1. The minimum absolute atomic E-state index is 0.132. The van der Waals surface area contributed by atoms with Crippen LogP contribution < -0.4 is 10.6 Å². The summed E-state index contributed by atoms with van der Waals surface area (Å²) in [4.78, 5) is 25.5. The Bertz CT molecular complexity index is 602. The fraction of sp³-hybridized carbons (Fsp3) is 0.647. The van der Waals surface area contributed by atoms with Crippen molar-refractivity contribution in [3.8, 4) is 0 Å². The molecule has 128 valence electrons. The number of esters is 1. The van der Waals surface area contributed by atoms with Crippen molar-refractivity contribution in [2.45, 2.75) is 52.5 Å². The molecule has 1 aliphatic rings. The summed E-state index contributed by atoms with van der Waals surface area (Å²) in [5, 5.41) is 6.66. The van der Waals surface area contributed by atoms with E-state index in [2.05, 4.69) is 17.6 Å². The van der Waals surface area contributed by atoms with Gasteiger partial charge in [-0.1, -0.05) is 6.92 Å². The molecule has 0 spiro atoms. The van der Waals surface area contributed by atoms with Crippen molar-refractivity contribution in [3.05, 3.63) is 16.0 Å². The first-order valence-corrected chi connectivity index (χ1v) is 8.80. The lowest BCUT2D eigenvalue weighted by molar-refractivity contribution is -0.115. The lowest BCUT2D eigenvalue weighted by atomic mass is 9.88. The summed E-state index contributed by atoms with van der Waals surface area (Å²) in [6.07, 6.45) is 2.89. The lowest BCUT2D eigenvalue weighted by Crippen LogP contribution is -2.41. The number of ether oxygens (including phenoxy) is 1. The highest BCUT2D eigenvalue weighted by Crippen LogP contribution is 2.39. The fourth-order valence-corrected chi connectivity index (χ4v) is 4.09. The summed E-state index contributed by atoms with van der Waals surface area (Å²) < 4.78 is 4.92. The molecule has 1 aromatic heterocycles. The highest BCUT2D eigenvalue weighted by Gasteiger charge is 2.28. The van der Waals surface area contributed by atoms with Gasteiger partial charge in [0.25, 0.3) is 0 Å². The Hall–Kier alpha value is -1.40. The van der Waals surface area contributed by atoms with Crippen LogP contribution in [0.25, 0.3) is 0 Å². The van der Waals surface area contributed by atoms with E-state index in [1.54, 1.807) is 0 Å². The minimum Gasteiger partial charge on any atom is -0.465 e. The average molecular weight is 338 g/mol. The first-order valence-electron chi connectivity index (χ1n) is 7.99. The van der Waals surface area contributed by atoms with E-state index < -0.39 is 0 Å². The molecule has 0 bridgehead atoms. The number of fused-ring (bicyclic) bond motifs is 1. The van der Waals surface area contributed by atoms with Crippen LogP contribution in [-0.4, -0.2) is 31.1 Å². The van der Waals surface area contributed by atoms with Crippen LogP contribution in [0, 0.1) is 5.92 Å². The van der Waals surface area contributed by atoms with Gasteiger partial charge in [-0.3, -0.25) is 4.79 Å². The highest BCUT2D eigenvalue weighted by molar-refractivity contribution is 7.17. The quantitative estimate of drug-likeness (QED) is 0.828. The molecule has 0 saturated carbocycles. The van der Waals surface area contributed by atoms with Gasteiger partial charge in [-0.25, -0.2) is 4.79 Å². The monoisotopic (exact) mass is 338 g/mol. The lowest BCUT2D eigenvalue weighted by Gasteiger charge is -2.20. The molecule has 1 aliphatic carbocycles. The standard InChI is InChI=1S/C17H26N2O3S/c1-10-6-7-11-12(8-10)23-15(14(11)16(21)22-5)19-13(20)9-18-17(2,3)4/h10,18H,6-9H2,1-5H3,(H,19,20). The van der Waals surface area contributed by atoms with Gasteiger partial charge >= 0.3 is 5.97 Å². The molecule has 1 unspecified atom stereocenters. The summed E-state index contributed by atoms with van der Waals surface area (Å²) in [6.45, 7) is 8.44. The number of nitrogens with one attached hydrogen (secondary N) is 2. The minimum atomic E-state index is -0.365. The van der Waals surface area contributed by atoms with E-state index >= 15 is 0 Å². The van der Waals surface area contributed by atoms with Crippen molar-refractivity contribution in [2.75, 3.05) is 19.0 Å². The zero-order valence-corrected chi connectivity index (χ0v) is 15.4. The van der Waals surface area contributed by atoms with Crippen molar-refractivity contribution in [3.63, 3.8) is 0 Å². The molecule has 6 heteroatoms. The number of anilines is 1. The second kappa shape index (κ2) is 7.01. The number of thiophene rings is 1. The van der Waals surface area contributed by atoms with Crippen molar-refractivity contribution >= 4 is 28.2 Å². The Morgan fingerprint density at radius 3 is 2.65 bits per heavy atom. The van der Waals surface area contributed by atoms with Crippen LogP contribution in [0.2, 0.25) is 0 Å². The second-order valence-corrected chi connectivity index (χ2v) is 8.30. The van der Waals surface area contributed by atoms with Gasteiger partial charge in [-0.05, 0) is 51.5 Å². The number of rotatable bonds is 4. The molecule has 1 amide bonds. The molecule has 0 aliphatic heterocycles. The van der Waals surface area contributed by atoms with Crippen LogP contribution in [0.15, 0.2) is 0 Å². The smallest absolute Gasteiger partial charge is 0.341 e. The molecule has 1 heterocycles. The normalized spacial score (nSPS) is 17.5. The molecule has 2 N–H and O–H groups in total. The van der Waals surface area contributed by atoms with Crippen LogP contribution in [0.1, 0.15) is 54.9 Å². The molecule has 1 aromatic rings. The van der Waals surface area contributed by atoms with Crippen LogP contribution >= 0.6 is 11.3 Å². The topological polar surface area (TPSA) is 67.4 Å². The van der Waals surface area contributed by atoms with Gasteiger partial charge in [0.15, 0.2) is 0 Å². The molecule has 0 aromatic carbocycles. The molecule has 1 atom stereocenters. The third-order valence-electron chi connectivity index (χ3n) is 3.93.